The Balaban J connectivity index is 1.80. The van der Waals surface area contributed by atoms with Crippen LogP contribution in [0.25, 0.3) is 10.9 Å². The van der Waals surface area contributed by atoms with Crippen molar-refractivity contribution >= 4 is 16.9 Å². The second-order valence-electron chi connectivity index (χ2n) is 6.20. The number of nitrogens with one attached hydrogen (secondary N) is 1. The van der Waals surface area contributed by atoms with Crippen LogP contribution in [0, 0.1) is 11.8 Å². The van der Waals surface area contributed by atoms with E-state index >= 15 is 0 Å². The predicted octanol–water partition coefficient (Wildman–Crippen LogP) is 4.26. The Hall–Kier alpha value is -1.64. The molecule has 3 heteroatoms. The summed E-state index contributed by atoms with van der Waals surface area (Å²) in [4.78, 5) is 9.11. The van der Waals surface area contributed by atoms with Crippen LogP contribution in [-0.2, 0) is 0 Å². The third-order valence-corrected chi connectivity index (χ3v) is 4.48. The van der Waals surface area contributed by atoms with E-state index in [1.807, 2.05) is 24.4 Å². The second kappa shape index (κ2) is 5.78. The molecule has 0 saturated heterocycles. The topological polar surface area (TPSA) is 37.8 Å². The van der Waals surface area contributed by atoms with Crippen LogP contribution in [0.3, 0.4) is 0 Å². The Labute approximate surface area is 120 Å². The molecule has 0 aliphatic heterocycles. The van der Waals surface area contributed by atoms with E-state index in [0.717, 1.165) is 22.8 Å². The highest BCUT2D eigenvalue weighted by Crippen LogP contribution is 2.31. The molecular weight excluding hydrogens is 246 g/mol. The van der Waals surface area contributed by atoms with Crippen molar-refractivity contribution in [3.63, 3.8) is 0 Å². The molecule has 1 aromatic heterocycles. The van der Waals surface area contributed by atoms with Gasteiger partial charge < -0.3 is 5.32 Å². The molecule has 1 fully saturated rings. The lowest BCUT2D eigenvalue weighted by molar-refractivity contribution is 0.253. The first-order valence-electron chi connectivity index (χ1n) is 7.72. The normalized spacial score (nSPS) is 23.1. The van der Waals surface area contributed by atoms with Crippen molar-refractivity contribution in [1.82, 2.24) is 9.97 Å². The standard InChI is InChI=1S/C17H23N3/c1-12(2)14-8-4-6-10-16(14)20-17-18-11-13-7-3-5-9-15(13)19-17/h3,5,7,9,11-12,14,16H,4,6,8,10H2,1-2H3,(H,18,19,20). The van der Waals surface area contributed by atoms with Gasteiger partial charge in [0.25, 0.3) is 0 Å². The summed E-state index contributed by atoms with van der Waals surface area (Å²) in [6, 6.07) is 8.66. The highest BCUT2D eigenvalue weighted by molar-refractivity contribution is 5.78. The maximum atomic E-state index is 4.64. The first kappa shape index (κ1) is 13.3. The van der Waals surface area contributed by atoms with E-state index in [1.54, 1.807) is 0 Å². The van der Waals surface area contributed by atoms with Crippen LogP contribution in [0.5, 0.6) is 0 Å². The third-order valence-electron chi connectivity index (χ3n) is 4.48. The summed E-state index contributed by atoms with van der Waals surface area (Å²) in [7, 11) is 0. The summed E-state index contributed by atoms with van der Waals surface area (Å²) in [5, 5.41) is 4.68. The Morgan fingerprint density at radius 3 is 2.80 bits per heavy atom. The molecule has 1 aromatic carbocycles. The molecule has 3 nitrogen and oxygen atoms in total. The molecule has 20 heavy (non-hydrogen) atoms. The van der Waals surface area contributed by atoms with Gasteiger partial charge in [0, 0.05) is 17.6 Å². The highest BCUT2D eigenvalue weighted by atomic mass is 15.1. The van der Waals surface area contributed by atoms with Gasteiger partial charge in [0.2, 0.25) is 5.95 Å². The molecule has 1 aliphatic rings. The lowest BCUT2D eigenvalue weighted by Gasteiger charge is -2.34. The van der Waals surface area contributed by atoms with E-state index in [0.29, 0.717) is 12.0 Å². The summed E-state index contributed by atoms with van der Waals surface area (Å²) in [6.07, 6.45) is 7.15. The van der Waals surface area contributed by atoms with E-state index in [1.165, 1.54) is 25.7 Å². The number of benzene rings is 1. The zero-order chi connectivity index (χ0) is 13.9. The van der Waals surface area contributed by atoms with E-state index in [4.69, 9.17) is 0 Å². The van der Waals surface area contributed by atoms with Crippen molar-refractivity contribution < 1.29 is 0 Å². The SMILES string of the molecule is CC(C)C1CCCCC1Nc1ncc2ccccc2n1. The van der Waals surface area contributed by atoms with Gasteiger partial charge >= 0.3 is 0 Å². The van der Waals surface area contributed by atoms with Gasteiger partial charge in [-0.2, -0.15) is 0 Å². The lowest BCUT2D eigenvalue weighted by Crippen LogP contribution is -2.35. The molecule has 1 N–H and O–H groups in total. The first-order valence-corrected chi connectivity index (χ1v) is 7.72. The fraction of sp³-hybridized carbons (Fsp3) is 0.529. The second-order valence-corrected chi connectivity index (χ2v) is 6.20. The molecule has 1 aliphatic carbocycles. The number of para-hydroxylation sites is 1. The number of aromatic nitrogens is 2. The van der Waals surface area contributed by atoms with Gasteiger partial charge in [0.05, 0.1) is 5.52 Å². The Morgan fingerprint density at radius 1 is 1.15 bits per heavy atom. The van der Waals surface area contributed by atoms with Crippen LogP contribution >= 0.6 is 0 Å². The first-order chi connectivity index (χ1) is 9.74. The van der Waals surface area contributed by atoms with Gasteiger partial charge in [0.15, 0.2) is 0 Å². The fourth-order valence-corrected chi connectivity index (χ4v) is 3.34. The number of hydrogen-bond donors (Lipinski definition) is 1. The maximum absolute atomic E-state index is 4.64. The zero-order valence-electron chi connectivity index (χ0n) is 12.3. The molecule has 1 saturated carbocycles. The maximum Gasteiger partial charge on any atom is 0.223 e. The molecule has 2 aromatic rings. The Morgan fingerprint density at radius 2 is 1.95 bits per heavy atom. The Kier molecular flexibility index (Phi) is 3.86. The van der Waals surface area contributed by atoms with Crippen LogP contribution in [0.1, 0.15) is 39.5 Å². The molecule has 1 heterocycles. The molecule has 0 amide bonds. The summed E-state index contributed by atoms with van der Waals surface area (Å²) >= 11 is 0. The van der Waals surface area contributed by atoms with Crippen LogP contribution in [0.2, 0.25) is 0 Å². The van der Waals surface area contributed by atoms with E-state index in [9.17, 15) is 0 Å². The number of hydrogen-bond acceptors (Lipinski definition) is 3. The van der Waals surface area contributed by atoms with Crippen LogP contribution < -0.4 is 5.32 Å². The summed E-state index contributed by atoms with van der Waals surface area (Å²) < 4.78 is 0. The number of anilines is 1. The summed E-state index contributed by atoms with van der Waals surface area (Å²) in [5.74, 6) is 2.23. The van der Waals surface area contributed by atoms with Gasteiger partial charge in [-0.15, -0.1) is 0 Å². The van der Waals surface area contributed by atoms with Crippen LogP contribution in [-0.4, -0.2) is 16.0 Å². The molecule has 0 bridgehead atoms. The summed E-state index contributed by atoms with van der Waals surface area (Å²) in [6.45, 7) is 4.65. The average molecular weight is 269 g/mol. The minimum atomic E-state index is 0.518. The van der Waals surface area contributed by atoms with Gasteiger partial charge in [-0.25, -0.2) is 9.97 Å². The smallest absolute Gasteiger partial charge is 0.223 e. The van der Waals surface area contributed by atoms with E-state index < -0.39 is 0 Å². The molecule has 0 radical (unpaired) electrons. The molecule has 3 rings (SSSR count). The fourth-order valence-electron chi connectivity index (χ4n) is 3.34. The van der Waals surface area contributed by atoms with Crippen LogP contribution in [0.15, 0.2) is 30.5 Å². The third kappa shape index (κ3) is 2.77. The Bertz CT molecular complexity index is 579. The number of nitrogens with zero attached hydrogens (tertiary/aromatic N) is 2. The average Bonchev–Trinajstić information content (AvgIpc) is 2.47. The molecule has 2 atom stereocenters. The van der Waals surface area contributed by atoms with E-state index in [2.05, 4.69) is 35.2 Å². The van der Waals surface area contributed by atoms with Gasteiger partial charge in [-0.1, -0.05) is 44.9 Å². The quantitative estimate of drug-likeness (QED) is 0.904. The monoisotopic (exact) mass is 269 g/mol. The number of fused-ring (bicyclic) bond motifs is 1. The van der Waals surface area contributed by atoms with Crippen LogP contribution in [0.4, 0.5) is 5.95 Å². The molecule has 0 spiro atoms. The van der Waals surface area contributed by atoms with Crippen molar-refractivity contribution in [2.45, 2.75) is 45.6 Å². The minimum Gasteiger partial charge on any atom is -0.351 e. The van der Waals surface area contributed by atoms with Crippen molar-refractivity contribution in [3.8, 4) is 0 Å². The summed E-state index contributed by atoms with van der Waals surface area (Å²) in [5.41, 5.74) is 1.02. The van der Waals surface area contributed by atoms with Crippen molar-refractivity contribution in [3.05, 3.63) is 30.5 Å². The molecule has 106 valence electrons. The van der Waals surface area contributed by atoms with E-state index in [-0.39, 0.29) is 0 Å². The zero-order valence-corrected chi connectivity index (χ0v) is 12.3. The van der Waals surface area contributed by atoms with Crippen molar-refractivity contribution in [2.24, 2.45) is 11.8 Å². The van der Waals surface area contributed by atoms with Crippen molar-refractivity contribution in [2.75, 3.05) is 5.32 Å². The van der Waals surface area contributed by atoms with Gasteiger partial charge in [-0.05, 0) is 30.7 Å². The number of rotatable bonds is 3. The predicted molar refractivity (Wildman–Crippen MR) is 83.7 cm³/mol. The van der Waals surface area contributed by atoms with Gasteiger partial charge in [0.1, 0.15) is 0 Å². The lowest BCUT2D eigenvalue weighted by atomic mass is 9.78. The largest absolute Gasteiger partial charge is 0.351 e. The molecular formula is C17H23N3. The minimum absolute atomic E-state index is 0.518. The highest BCUT2D eigenvalue weighted by Gasteiger charge is 2.27. The molecule has 2 unspecified atom stereocenters. The van der Waals surface area contributed by atoms with Gasteiger partial charge in [-0.3, -0.25) is 0 Å². The van der Waals surface area contributed by atoms with Crippen molar-refractivity contribution in [1.29, 1.82) is 0 Å².